The zero-order valence-electron chi connectivity index (χ0n) is 10.8. The van der Waals surface area contributed by atoms with Crippen molar-refractivity contribution in [2.45, 2.75) is 46.3 Å². The van der Waals surface area contributed by atoms with Gasteiger partial charge in [0.15, 0.2) is 0 Å². The maximum atomic E-state index is 11.3. The second-order valence-electron chi connectivity index (χ2n) is 4.69. The van der Waals surface area contributed by atoms with Crippen LogP contribution in [0.2, 0.25) is 0 Å². The van der Waals surface area contributed by atoms with Gasteiger partial charge in [0.1, 0.15) is 5.60 Å². The number of carbonyl (C=O) groups excluding carboxylic acids is 2. The Morgan fingerprint density at radius 1 is 1.25 bits per heavy atom. The molecule has 0 saturated carbocycles. The number of alkyl carbamates (subject to hydrolysis) is 1. The molecule has 0 aromatic rings. The summed E-state index contributed by atoms with van der Waals surface area (Å²) in [7, 11) is 0. The molecule has 0 aliphatic rings. The quantitative estimate of drug-likeness (QED) is 0.556. The van der Waals surface area contributed by atoms with Gasteiger partial charge in [0.05, 0.1) is 12.0 Å². The molecule has 0 aliphatic carbocycles. The fourth-order valence-electron chi connectivity index (χ4n) is 0.932. The van der Waals surface area contributed by atoms with Crippen molar-refractivity contribution in [2.24, 2.45) is 5.92 Å². The summed E-state index contributed by atoms with van der Waals surface area (Å²) in [6.07, 6.45) is -0.745. The summed E-state index contributed by atoms with van der Waals surface area (Å²) in [6.45, 7) is 8.47. The predicted molar refractivity (Wildman–Crippen MR) is 53.0 cm³/mol. The van der Waals surface area contributed by atoms with Crippen LogP contribution in [-0.4, -0.2) is 23.7 Å². The third-order valence-electron chi connectivity index (χ3n) is 1.59. The monoisotopic (exact) mass is 255 g/mol. The summed E-state index contributed by atoms with van der Waals surface area (Å²) >= 11 is 0. The maximum Gasteiger partial charge on any atom is 1.00 e. The van der Waals surface area contributed by atoms with Crippen LogP contribution in [0, 0.1) is 5.92 Å². The number of nitrogens with one attached hydrogen (secondary N) is 1. The van der Waals surface area contributed by atoms with Gasteiger partial charge in [0.2, 0.25) is 0 Å². The average Bonchev–Trinajstić information content (AvgIpc) is 1.95. The fourth-order valence-corrected chi connectivity index (χ4v) is 0.932. The standard InChI is InChI=1S/C10H19NO4.K/c1-6(2)7(8(12)13)11-9(14)15-10(3,4)5;/h6-7H,1-5H3,(H,11,14)(H,12,13);/q;+1/p-1. The van der Waals surface area contributed by atoms with E-state index in [2.05, 4.69) is 5.32 Å². The van der Waals surface area contributed by atoms with Gasteiger partial charge in [0, 0.05) is 0 Å². The second-order valence-corrected chi connectivity index (χ2v) is 4.69. The molecular weight excluding hydrogens is 237 g/mol. The molecule has 1 unspecified atom stereocenters. The van der Waals surface area contributed by atoms with E-state index in [1.165, 1.54) is 0 Å². The summed E-state index contributed by atoms with van der Waals surface area (Å²) < 4.78 is 4.93. The van der Waals surface area contributed by atoms with E-state index in [9.17, 15) is 14.7 Å². The predicted octanol–water partition coefficient (Wildman–Crippen LogP) is -2.71. The van der Waals surface area contributed by atoms with E-state index in [0.717, 1.165) is 0 Å². The van der Waals surface area contributed by atoms with Crippen LogP contribution in [0.5, 0.6) is 0 Å². The zero-order chi connectivity index (χ0) is 12.2. The van der Waals surface area contributed by atoms with Crippen molar-refractivity contribution >= 4 is 12.1 Å². The van der Waals surface area contributed by atoms with Crippen LogP contribution in [0.15, 0.2) is 0 Å². The van der Waals surface area contributed by atoms with E-state index in [0.29, 0.717) is 0 Å². The Bertz CT molecular complexity index is 248. The van der Waals surface area contributed by atoms with Crippen LogP contribution in [-0.2, 0) is 9.53 Å². The number of rotatable bonds is 3. The Kier molecular flexibility index (Phi) is 8.96. The normalized spacial score (nSPS) is 12.6. The van der Waals surface area contributed by atoms with Crippen LogP contribution < -0.4 is 61.8 Å². The summed E-state index contributed by atoms with van der Waals surface area (Å²) in [5.41, 5.74) is -0.641. The van der Waals surface area contributed by atoms with Gasteiger partial charge in [-0.3, -0.25) is 0 Å². The molecule has 0 heterocycles. The molecule has 0 bridgehead atoms. The first-order chi connectivity index (χ1) is 6.63. The number of carbonyl (C=O) groups is 2. The van der Waals surface area contributed by atoms with Crippen LogP contribution in [0.4, 0.5) is 4.79 Å². The van der Waals surface area contributed by atoms with Crippen molar-refractivity contribution in [1.29, 1.82) is 0 Å². The molecule has 1 N–H and O–H groups in total. The van der Waals surface area contributed by atoms with E-state index in [1.54, 1.807) is 34.6 Å². The van der Waals surface area contributed by atoms with Crippen LogP contribution in [0.3, 0.4) is 0 Å². The minimum Gasteiger partial charge on any atom is -0.548 e. The Balaban J connectivity index is 0. The number of amides is 1. The first-order valence-corrected chi connectivity index (χ1v) is 4.84. The van der Waals surface area contributed by atoms with Gasteiger partial charge in [-0.05, 0) is 26.7 Å². The summed E-state index contributed by atoms with van der Waals surface area (Å²) in [5, 5.41) is 12.9. The molecule has 5 nitrogen and oxygen atoms in total. The number of hydrogen-bond acceptors (Lipinski definition) is 4. The molecule has 0 fully saturated rings. The first kappa shape index (κ1) is 18.7. The average molecular weight is 255 g/mol. The number of ether oxygens (including phenoxy) is 1. The third-order valence-corrected chi connectivity index (χ3v) is 1.59. The number of aliphatic carboxylic acids is 1. The van der Waals surface area contributed by atoms with Crippen molar-refractivity contribution in [3.8, 4) is 0 Å². The van der Waals surface area contributed by atoms with Gasteiger partial charge in [0.25, 0.3) is 0 Å². The Morgan fingerprint density at radius 3 is 1.94 bits per heavy atom. The molecule has 0 aliphatic heterocycles. The fraction of sp³-hybridized carbons (Fsp3) is 0.800. The molecule has 0 radical (unpaired) electrons. The molecule has 0 spiro atoms. The molecule has 16 heavy (non-hydrogen) atoms. The van der Waals surface area contributed by atoms with Crippen LogP contribution in [0.1, 0.15) is 34.6 Å². The van der Waals surface area contributed by atoms with E-state index in [-0.39, 0.29) is 57.3 Å². The maximum absolute atomic E-state index is 11.3. The molecule has 0 aromatic carbocycles. The molecule has 0 saturated heterocycles. The third kappa shape index (κ3) is 8.52. The zero-order valence-corrected chi connectivity index (χ0v) is 13.9. The van der Waals surface area contributed by atoms with Crippen molar-refractivity contribution in [2.75, 3.05) is 0 Å². The minimum absolute atomic E-state index is 0. The molecule has 1 amide bonds. The SMILES string of the molecule is CC(C)C(NC(=O)OC(C)(C)C)C(=O)[O-].[K+]. The van der Waals surface area contributed by atoms with E-state index >= 15 is 0 Å². The Morgan fingerprint density at radius 2 is 1.69 bits per heavy atom. The molecule has 0 aromatic heterocycles. The van der Waals surface area contributed by atoms with Gasteiger partial charge in [-0.25, -0.2) is 4.79 Å². The first-order valence-electron chi connectivity index (χ1n) is 4.84. The van der Waals surface area contributed by atoms with Crippen molar-refractivity contribution in [1.82, 2.24) is 5.32 Å². The van der Waals surface area contributed by atoms with Crippen LogP contribution >= 0.6 is 0 Å². The van der Waals surface area contributed by atoms with E-state index < -0.39 is 23.7 Å². The smallest absolute Gasteiger partial charge is 0.548 e. The molecule has 0 rings (SSSR count). The molecule has 6 heteroatoms. The van der Waals surface area contributed by atoms with Crippen LogP contribution in [0.25, 0.3) is 0 Å². The topological polar surface area (TPSA) is 78.5 Å². The van der Waals surface area contributed by atoms with Crippen molar-refractivity contribution in [3.05, 3.63) is 0 Å². The van der Waals surface area contributed by atoms with Crippen molar-refractivity contribution in [3.63, 3.8) is 0 Å². The summed E-state index contributed by atoms with van der Waals surface area (Å²) in [6, 6.07) is -1.03. The van der Waals surface area contributed by atoms with E-state index in [4.69, 9.17) is 4.74 Å². The largest absolute Gasteiger partial charge is 1.00 e. The van der Waals surface area contributed by atoms with Gasteiger partial charge in [-0.1, -0.05) is 13.8 Å². The van der Waals surface area contributed by atoms with Gasteiger partial charge >= 0.3 is 57.5 Å². The summed E-state index contributed by atoms with van der Waals surface area (Å²) in [4.78, 5) is 21.9. The molecule has 1 atom stereocenters. The van der Waals surface area contributed by atoms with Crippen molar-refractivity contribution < 1.29 is 70.8 Å². The van der Waals surface area contributed by atoms with Gasteiger partial charge < -0.3 is 20.0 Å². The minimum atomic E-state index is -1.31. The number of carboxylic acid groups (broad SMARTS) is 1. The number of hydrogen-bond donors (Lipinski definition) is 1. The van der Waals surface area contributed by atoms with Gasteiger partial charge in [-0.15, -0.1) is 0 Å². The van der Waals surface area contributed by atoms with E-state index in [1.807, 2.05) is 0 Å². The number of carboxylic acids is 1. The Hall–Kier alpha value is 0.376. The second kappa shape index (κ2) is 7.65. The van der Waals surface area contributed by atoms with Gasteiger partial charge in [-0.2, -0.15) is 0 Å². The molecular formula is C10H18KNO4. The molecule has 88 valence electrons. The summed E-state index contributed by atoms with van der Waals surface area (Å²) in [5.74, 6) is -1.56. The Labute approximate surface area is 139 Å².